The fourth-order valence-corrected chi connectivity index (χ4v) is 2.62. The molecule has 0 radical (unpaired) electrons. The van der Waals surface area contributed by atoms with Gasteiger partial charge in [0.15, 0.2) is 12.2 Å². The van der Waals surface area contributed by atoms with Crippen molar-refractivity contribution in [2.24, 2.45) is 0 Å². The molecular weight excluding hydrogens is 402 g/mol. The fourth-order valence-electron chi connectivity index (χ4n) is 2.54. The molecule has 0 saturated carbocycles. The van der Waals surface area contributed by atoms with Gasteiger partial charge in [-0.25, -0.2) is 0 Å². The lowest BCUT2D eigenvalue weighted by atomic mass is 9.96. The highest BCUT2D eigenvalue weighted by atomic mass is 35.5. The van der Waals surface area contributed by atoms with E-state index in [0.29, 0.717) is 0 Å². The number of rotatable bonds is 7. The van der Waals surface area contributed by atoms with Crippen LogP contribution in [-0.4, -0.2) is 72.9 Å². The van der Waals surface area contributed by atoms with Gasteiger partial charge in [0.05, 0.1) is 0 Å². The van der Waals surface area contributed by atoms with Crippen LogP contribution in [0.3, 0.4) is 0 Å². The summed E-state index contributed by atoms with van der Waals surface area (Å²) in [6, 6.07) is -1.24. The zero-order valence-corrected chi connectivity index (χ0v) is 16.5. The van der Waals surface area contributed by atoms with Crippen LogP contribution >= 0.6 is 11.6 Å². The summed E-state index contributed by atoms with van der Waals surface area (Å²) in [5.41, 5.74) is 0. The number of ether oxygens (including phenoxy) is 5. The highest BCUT2D eigenvalue weighted by Crippen LogP contribution is 2.28. The van der Waals surface area contributed by atoms with E-state index in [-0.39, 0.29) is 6.61 Å². The molecule has 1 aliphatic rings. The molecule has 1 heterocycles. The zero-order chi connectivity index (χ0) is 21.4. The predicted molar refractivity (Wildman–Crippen MR) is 90.8 cm³/mol. The number of halogens is 1. The molecule has 0 spiro atoms. The summed E-state index contributed by atoms with van der Waals surface area (Å²) in [5, 5.41) is 2.42. The predicted octanol–water partition coefficient (Wildman–Crippen LogP) is -0.575. The van der Waals surface area contributed by atoms with Crippen LogP contribution in [-0.2, 0) is 47.7 Å². The van der Waals surface area contributed by atoms with Crippen LogP contribution in [0.25, 0.3) is 0 Å². The van der Waals surface area contributed by atoms with Crippen LogP contribution in [0.2, 0.25) is 0 Å². The smallest absolute Gasteiger partial charge is 0.305 e. The van der Waals surface area contributed by atoms with Gasteiger partial charge in [-0.15, -0.1) is 11.6 Å². The van der Waals surface area contributed by atoms with Gasteiger partial charge < -0.3 is 29.0 Å². The van der Waals surface area contributed by atoms with Crippen LogP contribution < -0.4 is 5.32 Å². The molecule has 1 fully saturated rings. The van der Waals surface area contributed by atoms with Crippen LogP contribution in [0, 0.1) is 0 Å². The summed E-state index contributed by atoms with van der Waals surface area (Å²) in [7, 11) is 0. The van der Waals surface area contributed by atoms with E-state index in [4.69, 9.17) is 35.3 Å². The van der Waals surface area contributed by atoms with Crippen LogP contribution in [0.4, 0.5) is 0 Å². The van der Waals surface area contributed by atoms with Crippen molar-refractivity contribution in [1.29, 1.82) is 0 Å². The lowest BCUT2D eigenvalue weighted by Crippen LogP contribution is -2.67. The molecule has 0 aromatic heterocycles. The van der Waals surface area contributed by atoms with Gasteiger partial charge in [0.2, 0.25) is 12.2 Å². The molecule has 1 rings (SSSR count). The van der Waals surface area contributed by atoms with Crippen molar-refractivity contribution >= 4 is 41.4 Å². The summed E-state index contributed by atoms with van der Waals surface area (Å²) in [6.45, 7) is 4.07. The normalized spacial score (nSPS) is 26.5. The largest absolute Gasteiger partial charge is 0.463 e. The van der Waals surface area contributed by atoms with Gasteiger partial charge in [0, 0.05) is 27.7 Å². The summed E-state index contributed by atoms with van der Waals surface area (Å²) in [5.74, 6) is -4.02. The van der Waals surface area contributed by atoms with Crippen molar-refractivity contribution in [1.82, 2.24) is 5.32 Å². The van der Waals surface area contributed by atoms with Gasteiger partial charge in [0.25, 0.3) is 0 Å². The average molecular weight is 424 g/mol. The van der Waals surface area contributed by atoms with Crippen molar-refractivity contribution in [2.75, 3.05) is 12.5 Å². The SMILES string of the molecule is CC(=O)OC[C@H]1O[C@@H](OC(C)=O)[C@H](NC(=O)CCl)[C@@H](OC(C)=O)[C@@H]1OC(C)=O. The molecule has 0 bridgehead atoms. The molecule has 5 atom stereocenters. The second-order valence-electron chi connectivity index (χ2n) is 5.83. The van der Waals surface area contributed by atoms with E-state index in [0.717, 1.165) is 27.7 Å². The monoisotopic (exact) mass is 423 g/mol. The summed E-state index contributed by atoms with van der Waals surface area (Å²) < 4.78 is 26.0. The Balaban J connectivity index is 3.31. The van der Waals surface area contributed by atoms with Crippen molar-refractivity contribution < 1.29 is 47.7 Å². The Hall–Kier alpha value is -2.40. The molecule has 0 unspecified atom stereocenters. The number of hydrogen-bond donors (Lipinski definition) is 1. The summed E-state index contributed by atoms with van der Waals surface area (Å²) in [4.78, 5) is 57.6. The minimum absolute atomic E-state index is 0.390. The number of esters is 4. The van der Waals surface area contributed by atoms with Gasteiger partial charge in [-0.3, -0.25) is 24.0 Å². The van der Waals surface area contributed by atoms with Crippen molar-refractivity contribution in [3.63, 3.8) is 0 Å². The molecular formula is C16H22ClNO10. The molecule has 158 valence electrons. The standard InChI is InChI=1S/C16H22ClNO10/c1-7(19)24-6-11-14(25-8(2)20)15(26-9(3)21)13(18-12(23)5-17)16(28-11)27-10(4)22/h11,13-16H,5-6H2,1-4H3,(H,18,23)/t11-,13-,14-,15-,16-/m1/s1. The Kier molecular flexibility index (Phi) is 9.13. The van der Waals surface area contributed by atoms with Gasteiger partial charge in [-0.05, 0) is 0 Å². The van der Waals surface area contributed by atoms with Gasteiger partial charge in [0.1, 0.15) is 24.6 Å². The number of carbonyl (C=O) groups is 5. The summed E-state index contributed by atoms with van der Waals surface area (Å²) in [6.07, 6.45) is -5.16. The van der Waals surface area contributed by atoms with E-state index in [1.807, 2.05) is 0 Å². The van der Waals surface area contributed by atoms with E-state index in [1.54, 1.807) is 0 Å². The Labute approximate surface area is 165 Å². The second kappa shape index (κ2) is 10.8. The Bertz CT molecular complexity index is 625. The van der Waals surface area contributed by atoms with E-state index < -0.39 is 66.3 Å². The third kappa shape index (κ3) is 7.31. The Morgan fingerprint density at radius 2 is 1.39 bits per heavy atom. The maximum absolute atomic E-state index is 11.8. The molecule has 0 aromatic rings. The van der Waals surface area contributed by atoms with E-state index in [2.05, 4.69) is 5.32 Å². The van der Waals surface area contributed by atoms with Gasteiger partial charge >= 0.3 is 23.9 Å². The number of amides is 1. The highest BCUT2D eigenvalue weighted by Gasteiger charge is 2.52. The van der Waals surface area contributed by atoms with E-state index >= 15 is 0 Å². The molecule has 28 heavy (non-hydrogen) atoms. The minimum Gasteiger partial charge on any atom is -0.463 e. The Morgan fingerprint density at radius 1 is 0.857 bits per heavy atom. The van der Waals surface area contributed by atoms with Crippen molar-refractivity contribution in [2.45, 2.75) is 58.3 Å². The van der Waals surface area contributed by atoms with Crippen LogP contribution in [0.1, 0.15) is 27.7 Å². The molecule has 1 aliphatic heterocycles. The first-order valence-electron chi connectivity index (χ1n) is 8.21. The van der Waals surface area contributed by atoms with E-state index in [9.17, 15) is 24.0 Å². The molecule has 1 amide bonds. The molecule has 1 saturated heterocycles. The maximum Gasteiger partial charge on any atom is 0.305 e. The van der Waals surface area contributed by atoms with Crippen LogP contribution in [0.15, 0.2) is 0 Å². The van der Waals surface area contributed by atoms with Gasteiger partial charge in [-0.2, -0.15) is 0 Å². The molecule has 11 nitrogen and oxygen atoms in total. The van der Waals surface area contributed by atoms with Crippen LogP contribution in [0.5, 0.6) is 0 Å². The average Bonchev–Trinajstić information content (AvgIpc) is 2.56. The molecule has 1 N–H and O–H groups in total. The maximum atomic E-state index is 11.8. The third-order valence-electron chi connectivity index (χ3n) is 3.43. The molecule has 0 aromatic carbocycles. The molecule has 12 heteroatoms. The number of alkyl halides is 1. The lowest BCUT2D eigenvalue weighted by molar-refractivity contribution is -0.270. The fraction of sp³-hybridized carbons (Fsp3) is 0.688. The van der Waals surface area contributed by atoms with E-state index in [1.165, 1.54) is 0 Å². The van der Waals surface area contributed by atoms with Gasteiger partial charge in [-0.1, -0.05) is 0 Å². The quantitative estimate of drug-likeness (QED) is 0.321. The van der Waals surface area contributed by atoms with Crippen molar-refractivity contribution in [3.8, 4) is 0 Å². The zero-order valence-electron chi connectivity index (χ0n) is 15.8. The first-order chi connectivity index (χ1) is 13.0. The third-order valence-corrected chi connectivity index (χ3v) is 3.68. The van der Waals surface area contributed by atoms with Crippen molar-refractivity contribution in [3.05, 3.63) is 0 Å². The highest BCUT2D eigenvalue weighted by molar-refractivity contribution is 6.27. The number of carbonyl (C=O) groups excluding carboxylic acids is 5. The first-order valence-corrected chi connectivity index (χ1v) is 8.74. The minimum atomic E-state index is -1.43. The number of hydrogen-bond acceptors (Lipinski definition) is 10. The lowest BCUT2D eigenvalue weighted by Gasteiger charge is -2.44. The number of nitrogens with one attached hydrogen (secondary N) is 1. The molecule has 0 aliphatic carbocycles. The topological polar surface area (TPSA) is 144 Å². The Morgan fingerprint density at radius 3 is 1.86 bits per heavy atom. The summed E-state index contributed by atoms with van der Waals surface area (Å²) >= 11 is 5.50. The second-order valence-corrected chi connectivity index (χ2v) is 6.10. The first kappa shape index (κ1) is 23.6.